The molecule has 0 bridgehead atoms. The van der Waals surface area contributed by atoms with Crippen molar-refractivity contribution in [3.8, 4) is 0 Å². The number of ether oxygens (including phenoxy) is 4. The summed E-state index contributed by atoms with van der Waals surface area (Å²) >= 11 is 0. The summed E-state index contributed by atoms with van der Waals surface area (Å²) in [6, 6.07) is 33.6. The number of rotatable bonds is 14. The van der Waals surface area contributed by atoms with Crippen molar-refractivity contribution in [2.24, 2.45) is 0 Å². The van der Waals surface area contributed by atoms with Gasteiger partial charge in [-0.05, 0) is 24.3 Å². The fourth-order valence-electron chi connectivity index (χ4n) is 5.44. The molecule has 2 aromatic carbocycles. The summed E-state index contributed by atoms with van der Waals surface area (Å²) in [7, 11) is 0. The smallest absolute Gasteiger partial charge is 0.149 e. The molecule has 2 aliphatic rings. The maximum Gasteiger partial charge on any atom is 0.149 e. The van der Waals surface area contributed by atoms with Gasteiger partial charge < -0.3 is 58.9 Å². The van der Waals surface area contributed by atoms with Crippen LogP contribution in [0.5, 0.6) is 0 Å². The Balaban J connectivity index is 0.000000200. The van der Waals surface area contributed by atoms with Crippen LogP contribution in [0, 0.1) is 39.3 Å². The van der Waals surface area contributed by atoms with Crippen LogP contribution in [0.15, 0.2) is 97.3 Å². The average Bonchev–Trinajstić information content (AvgIpc) is 3.98. The van der Waals surface area contributed by atoms with Crippen LogP contribution < -0.4 is 29.8 Å². The quantitative estimate of drug-likeness (QED) is 0.0771. The predicted octanol–water partition coefficient (Wildman–Crippen LogP) is 5.53. The van der Waals surface area contributed by atoms with E-state index in [1.807, 2.05) is 132 Å². The van der Waals surface area contributed by atoms with Gasteiger partial charge in [0.25, 0.3) is 0 Å². The van der Waals surface area contributed by atoms with Crippen molar-refractivity contribution >= 4 is 34.4 Å². The zero-order chi connectivity index (χ0) is 35.5. The monoisotopic (exact) mass is 1090 g/mol. The molecule has 6 aromatic rings. The third-order valence-corrected chi connectivity index (χ3v) is 7.74. The van der Waals surface area contributed by atoms with Crippen LogP contribution in [-0.4, -0.2) is 47.2 Å². The molecule has 0 saturated carbocycles. The van der Waals surface area contributed by atoms with Crippen LogP contribution in [-0.2, 0) is 74.3 Å². The van der Waals surface area contributed by atoms with E-state index >= 15 is 0 Å². The van der Waals surface area contributed by atoms with Gasteiger partial charge in [0, 0.05) is 65.9 Å². The Bertz CT molecular complexity index is 1860. The molecule has 16 heteroatoms. The Hall–Kier alpha value is -4.42. The van der Waals surface area contributed by atoms with Crippen molar-refractivity contribution in [1.82, 2.24) is 30.4 Å². The Morgan fingerprint density at radius 1 is 0.611 bits per heavy atom. The molecule has 6 heterocycles. The minimum absolute atomic E-state index is 0. The number of hydrogen-bond acceptors (Lipinski definition) is 12. The van der Waals surface area contributed by atoms with Crippen LogP contribution in [0.25, 0.3) is 0 Å². The van der Waals surface area contributed by atoms with Gasteiger partial charge in [-0.2, -0.15) is 60.7 Å². The SMILES string of the molecule is Cc1cc(COCOCN2[CH-]N(c3[c-]cccc3)c3ncccc32)n[n-]1.Cc1cc(COCOCN2[CH-]N(c3[c-]cccc3)c3ncccc32)n[n-]1.[Pt].[Pt]. The number of aromatic nitrogens is 6. The molecular formula is C38H36N10O4Pt2-6. The van der Waals surface area contributed by atoms with E-state index in [1.54, 1.807) is 12.4 Å². The van der Waals surface area contributed by atoms with Gasteiger partial charge in [0.15, 0.2) is 0 Å². The Labute approximate surface area is 343 Å². The molecule has 8 rings (SSSR count). The maximum atomic E-state index is 5.65. The first-order valence-corrected chi connectivity index (χ1v) is 16.5. The summed E-state index contributed by atoms with van der Waals surface area (Å²) < 4.78 is 22.3. The number of nitrogens with zero attached hydrogens (tertiary/aromatic N) is 10. The van der Waals surface area contributed by atoms with E-state index in [0.717, 1.165) is 57.2 Å². The second kappa shape index (κ2) is 20.3. The van der Waals surface area contributed by atoms with Gasteiger partial charge in [0.05, 0.1) is 38.1 Å². The number of aryl methyl sites for hydroxylation is 2. The van der Waals surface area contributed by atoms with Crippen molar-refractivity contribution in [2.75, 3.05) is 46.6 Å². The number of fused-ring (bicyclic) bond motifs is 2. The minimum Gasteiger partial charge on any atom is -0.579 e. The van der Waals surface area contributed by atoms with Crippen molar-refractivity contribution < 1.29 is 61.1 Å². The third kappa shape index (κ3) is 10.4. The van der Waals surface area contributed by atoms with Crippen molar-refractivity contribution in [2.45, 2.75) is 27.1 Å². The summed E-state index contributed by atoms with van der Waals surface area (Å²) in [4.78, 5) is 16.9. The summed E-state index contributed by atoms with van der Waals surface area (Å²) in [6.07, 6.45) is 3.55. The number of para-hydroxylation sites is 2. The Morgan fingerprint density at radius 3 is 1.46 bits per heavy atom. The standard InChI is InChI=1S/2C19H18N5O2.2Pt/c2*1-15-10-16(22-21-15)11-25-14-26-13-23-12-24(17-6-3-2-4-7-17)19-18(23)8-5-9-20-19;;/h2*2-6,8-10,12H,11,13-14H2,1H3;;/q2*-3;;. The fraction of sp³-hybridized carbons (Fsp3) is 0.211. The molecule has 0 spiro atoms. The molecule has 0 saturated heterocycles. The van der Waals surface area contributed by atoms with E-state index in [0.29, 0.717) is 26.7 Å². The van der Waals surface area contributed by atoms with E-state index in [2.05, 4.69) is 42.5 Å². The molecule has 0 fully saturated rings. The normalized spacial score (nSPS) is 12.8. The van der Waals surface area contributed by atoms with E-state index in [-0.39, 0.29) is 55.7 Å². The van der Waals surface area contributed by atoms with Gasteiger partial charge in [-0.25, -0.2) is 9.97 Å². The minimum atomic E-state index is 0. The molecule has 14 nitrogen and oxygen atoms in total. The van der Waals surface area contributed by atoms with E-state index in [1.165, 1.54) is 0 Å². The molecule has 0 aliphatic carbocycles. The van der Waals surface area contributed by atoms with Gasteiger partial charge in [0.1, 0.15) is 25.2 Å². The van der Waals surface area contributed by atoms with E-state index in [9.17, 15) is 0 Å². The molecule has 0 unspecified atom stereocenters. The molecule has 0 N–H and O–H groups in total. The molecule has 54 heavy (non-hydrogen) atoms. The summed E-state index contributed by atoms with van der Waals surface area (Å²) in [5, 5.41) is 15.9. The van der Waals surface area contributed by atoms with Gasteiger partial charge >= 0.3 is 0 Å². The zero-order valence-electron chi connectivity index (χ0n) is 29.4. The fourth-order valence-corrected chi connectivity index (χ4v) is 5.44. The average molecular weight is 1090 g/mol. The van der Waals surface area contributed by atoms with Crippen molar-refractivity contribution in [3.05, 3.63) is 146 Å². The molecule has 0 radical (unpaired) electrons. The zero-order valence-corrected chi connectivity index (χ0v) is 33.9. The van der Waals surface area contributed by atoms with Gasteiger partial charge in [-0.15, -0.1) is 36.1 Å². The number of hydrogen-bond donors (Lipinski definition) is 0. The van der Waals surface area contributed by atoms with Crippen LogP contribution in [0.1, 0.15) is 22.8 Å². The first kappa shape index (κ1) is 40.8. The van der Waals surface area contributed by atoms with Crippen LogP contribution >= 0.6 is 0 Å². The van der Waals surface area contributed by atoms with Gasteiger partial charge in [-0.3, -0.25) is 0 Å². The van der Waals surface area contributed by atoms with Crippen LogP contribution in [0.2, 0.25) is 0 Å². The predicted molar refractivity (Wildman–Crippen MR) is 193 cm³/mol. The first-order valence-electron chi connectivity index (χ1n) is 16.5. The Kier molecular flexibility index (Phi) is 15.3. The molecular weight excluding hydrogens is 1050 g/mol. The van der Waals surface area contributed by atoms with Crippen LogP contribution in [0.4, 0.5) is 34.4 Å². The number of benzene rings is 2. The van der Waals surface area contributed by atoms with E-state index in [4.69, 9.17) is 18.9 Å². The van der Waals surface area contributed by atoms with Crippen molar-refractivity contribution in [1.29, 1.82) is 0 Å². The van der Waals surface area contributed by atoms with Gasteiger partial charge in [0.2, 0.25) is 0 Å². The molecule has 0 atom stereocenters. The summed E-state index contributed by atoms with van der Waals surface area (Å²) in [5.74, 6) is 1.70. The maximum absolute atomic E-state index is 5.65. The van der Waals surface area contributed by atoms with Gasteiger partial charge in [-0.1, -0.05) is 26.0 Å². The second-order valence-corrected chi connectivity index (χ2v) is 11.7. The summed E-state index contributed by atoms with van der Waals surface area (Å²) in [5.41, 5.74) is 7.19. The topological polar surface area (TPSA) is 130 Å². The van der Waals surface area contributed by atoms with Crippen molar-refractivity contribution in [3.63, 3.8) is 0 Å². The molecule has 288 valence electrons. The molecule has 4 aromatic heterocycles. The number of anilines is 6. The van der Waals surface area contributed by atoms with Crippen LogP contribution in [0.3, 0.4) is 0 Å². The molecule has 0 amide bonds. The first-order chi connectivity index (χ1) is 25.6. The molecule has 2 aliphatic heterocycles. The largest absolute Gasteiger partial charge is 0.579 e. The second-order valence-electron chi connectivity index (χ2n) is 11.7. The third-order valence-electron chi connectivity index (χ3n) is 7.74. The Morgan fingerprint density at radius 2 is 1.07 bits per heavy atom. The van der Waals surface area contributed by atoms with E-state index < -0.39 is 0 Å². The summed E-state index contributed by atoms with van der Waals surface area (Å²) in [6.45, 7) is 9.52. The number of pyridine rings is 2.